The highest BCUT2D eigenvalue weighted by atomic mass is 35.5. The van der Waals surface area contributed by atoms with Crippen molar-refractivity contribution in [3.63, 3.8) is 0 Å². The number of ether oxygens (including phenoxy) is 2. The first-order valence-electron chi connectivity index (χ1n) is 11.4. The predicted octanol–water partition coefficient (Wildman–Crippen LogP) is 4.35. The topological polar surface area (TPSA) is 90.0 Å². The molecule has 0 saturated carbocycles. The van der Waals surface area contributed by atoms with Crippen LogP contribution in [-0.4, -0.2) is 36.1 Å². The van der Waals surface area contributed by atoms with Crippen molar-refractivity contribution in [3.8, 4) is 5.75 Å². The Morgan fingerprint density at radius 3 is 2.14 bits per heavy atom. The molecule has 2 fully saturated rings. The number of amides is 2. The maximum atomic E-state index is 13.9. The number of carbonyl (C=O) groups excluding carboxylic acids is 4. The van der Waals surface area contributed by atoms with Crippen LogP contribution in [0, 0.1) is 18.8 Å². The number of halogens is 1. The lowest BCUT2D eigenvalue weighted by Gasteiger charge is -2.27. The van der Waals surface area contributed by atoms with E-state index in [1.807, 2.05) is 6.92 Å². The number of benzene rings is 3. The molecule has 0 unspecified atom stereocenters. The third-order valence-electron chi connectivity index (χ3n) is 7.31. The minimum atomic E-state index is -2.15. The summed E-state index contributed by atoms with van der Waals surface area (Å²) in [6, 6.07) is 18.1. The maximum Gasteiger partial charge on any atom is 0.241 e. The highest BCUT2D eigenvalue weighted by Crippen LogP contribution is 2.58. The summed E-state index contributed by atoms with van der Waals surface area (Å²) in [6.07, 6.45) is -1.11. The number of hydrogen-bond donors (Lipinski definition) is 0. The third-order valence-corrected chi connectivity index (χ3v) is 7.54. The molecule has 0 bridgehead atoms. The van der Waals surface area contributed by atoms with E-state index in [9.17, 15) is 19.2 Å². The first-order valence-corrected chi connectivity index (χ1v) is 11.8. The van der Waals surface area contributed by atoms with Crippen molar-refractivity contribution in [1.82, 2.24) is 0 Å². The van der Waals surface area contributed by atoms with E-state index in [2.05, 4.69) is 0 Å². The Morgan fingerprint density at radius 2 is 1.53 bits per heavy atom. The monoisotopic (exact) mass is 501 g/mol. The van der Waals surface area contributed by atoms with Crippen molar-refractivity contribution in [2.75, 3.05) is 12.0 Å². The van der Waals surface area contributed by atoms with Gasteiger partial charge in [-0.15, -0.1) is 0 Å². The lowest BCUT2D eigenvalue weighted by atomic mass is 9.77. The number of anilines is 1. The Labute approximate surface area is 211 Å². The number of methoxy groups -OCH3 is 1. The Bertz CT molecular complexity index is 1440. The van der Waals surface area contributed by atoms with Crippen LogP contribution in [0.15, 0.2) is 66.7 Å². The first-order chi connectivity index (χ1) is 17.3. The molecule has 1 spiro atoms. The summed E-state index contributed by atoms with van der Waals surface area (Å²) in [4.78, 5) is 56.6. The summed E-state index contributed by atoms with van der Waals surface area (Å²) in [5.41, 5.74) is -0.0925. The summed E-state index contributed by atoms with van der Waals surface area (Å²) in [7, 11) is 1.46. The summed E-state index contributed by atoms with van der Waals surface area (Å²) in [5, 5.41) is 0.353. The number of fused-ring (bicyclic) bond motifs is 3. The van der Waals surface area contributed by atoms with Crippen molar-refractivity contribution in [1.29, 1.82) is 0 Å². The molecule has 2 aliphatic heterocycles. The lowest BCUT2D eigenvalue weighted by Crippen LogP contribution is -2.51. The lowest BCUT2D eigenvalue weighted by molar-refractivity contribution is -0.127. The molecule has 2 heterocycles. The van der Waals surface area contributed by atoms with E-state index in [-0.39, 0.29) is 11.1 Å². The van der Waals surface area contributed by atoms with Crippen molar-refractivity contribution in [2.45, 2.75) is 18.6 Å². The Morgan fingerprint density at radius 1 is 0.889 bits per heavy atom. The third kappa shape index (κ3) is 2.84. The van der Waals surface area contributed by atoms with Crippen LogP contribution in [0.4, 0.5) is 5.69 Å². The molecule has 180 valence electrons. The van der Waals surface area contributed by atoms with E-state index in [4.69, 9.17) is 21.1 Å². The molecule has 8 heteroatoms. The molecule has 0 aromatic heterocycles. The Balaban J connectivity index is 1.57. The molecule has 3 atom stereocenters. The van der Waals surface area contributed by atoms with Gasteiger partial charge in [-0.25, -0.2) is 4.90 Å². The zero-order valence-corrected chi connectivity index (χ0v) is 20.1. The smallest absolute Gasteiger partial charge is 0.241 e. The van der Waals surface area contributed by atoms with Crippen LogP contribution in [0.2, 0.25) is 5.02 Å². The minimum Gasteiger partial charge on any atom is -0.496 e. The van der Waals surface area contributed by atoms with Gasteiger partial charge in [-0.2, -0.15) is 0 Å². The second kappa shape index (κ2) is 7.85. The summed E-state index contributed by atoms with van der Waals surface area (Å²) < 4.78 is 11.8. The number of imide groups is 1. The van der Waals surface area contributed by atoms with Crippen LogP contribution in [-0.2, 0) is 14.3 Å². The van der Waals surface area contributed by atoms with Crippen LogP contribution in [0.5, 0.6) is 5.75 Å². The van der Waals surface area contributed by atoms with E-state index < -0.39 is 46.9 Å². The molecule has 3 aromatic carbocycles. The molecule has 2 amide bonds. The first kappa shape index (κ1) is 22.6. The molecule has 0 N–H and O–H groups in total. The average molecular weight is 502 g/mol. The molecule has 3 aromatic rings. The van der Waals surface area contributed by atoms with Gasteiger partial charge in [0.05, 0.1) is 24.6 Å². The average Bonchev–Trinajstić information content (AvgIpc) is 3.45. The maximum absolute atomic E-state index is 13.9. The molecule has 36 heavy (non-hydrogen) atoms. The zero-order chi connectivity index (χ0) is 25.4. The van der Waals surface area contributed by atoms with E-state index in [1.54, 1.807) is 54.6 Å². The van der Waals surface area contributed by atoms with E-state index >= 15 is 0 Å². The number of carbonyl (C=O) groups is 4. The summed E-state index contributed by atoms with van der Waals surface area (Å²) >= 11 is 6.27. The summed E-state index contributed by atoms with van der Waals surface area (Å²) in [5.74, 6) is -4.53. The Hall–Kier alpha value is -3.81. The molecular formula is C28H20ClNO6. The quantitative estimate of drug-likeness (QED) is 0.391. The molecule has 3 aliphatic rings. The van der Waals surface area contributed by atoms with Crippen LogP contribution in [0.3, 0.4) is 0 Å². The van der Waals surface area contributed by atoms with Gasteiger partial charge in [0, 0.05) is 21.7 Å². The fraction of sp³-hybridized carbons (Fsp3) is 0.214. The van der Waals surface area contributed by atoms with Crippen molar-refractivity contribution >= 4 is 40.7 Å². The van der Waals surface area contributed by atoms with Crippen LogP contribution >= 0.6 is 11.6 Å². The van der Waals surface area contributed by atoms with Gasteiger partial charge in [-0.05, 0) is 37.3 Å². The normalized spacial score (nSPS) is 24.0. The number of ketones is 2. The molecule has 6 rings (SSSR count). The highest BCUT2D eigenvalue weighted by molar-refractivity contribution is 6.37. The van der Waals surface area contributed by atoms with Gasteiger partial charge in [-0.1, -0.05) is 53.6 Å². The Kier molecular flexibility index (Phi) is 4.94. The molecule has 0 radical (unpaired) electrons. The fourth-order valence-electron chi connectivity index (χ4n) is 5.68. The number of Topliss-reactive ketones (excluding diaryl/α,β-unsaturated/α-hetero) is 2. The van der Waals surface area contributed by atoms with Crippen LogP contribution in [0.1, 0.15) is 37.9 Å². The highest BCUT2D eigenvalue weighted by Gasteiger charge is 2.75. The van der Waals surface area contributed by atoms with Crippen LogP contribution < -0.4 is 9.64 Å². The SMILES string of the molecule is COc1ccc(Cl)cc1[C@H]1OC2(C(=O)c3ccccc3C2=O)[C@@H]2C(=O)N(c3ccc(C)cc3)C(=O)[C@@H]12. The minimum absolute atomic E-state index is 0.175. The van der Waals surface area contributed by atoms with Gasteiger partial charge in [0.2, 0.25) is 29.0 Å². The van der Waals surface area contributed by atoms with Crippen LogP contribution in [0.25, 0.3) is 0 Å². The van der Waals surface area contributed by atoms with Gasteiger partial charge in [0.1, 0.15) is 11.9 Å². The number of aryl methyl sites for hydroxylation is 1. The van der Waals surface area contributed by atoms with Gasteiger partial charge < -0.3 is 9.47 Å². The fourth-order valence-corrected chi connectivity index (χ4v) is 5.86. The molecule has 7 nitrogen and oxygen atoms in total. The van der Waals surface area contributed by atoms with Gasteiger partial charge in [0.15, 0.2) is 0 Å². The number of hydrogen-bond acceptors (Lipinski definition) is 6. The van der Waals surface area contributed by atoms with Crippen molar-refractivity contribution in [3.05, 3.63) is 94.0 Å². The largest absolute Gasteiger partial charge is 0.496 e. The van der Waals surface area contributed by atoms with E-state index in [0.29, 0.717) is 22.0 Å². The van der Waals surface area contributed by atoms with Crippen molar-refractivity contribution in [2.24, 2.45) is 11.8 Å². The number of nitrogens with zero attached hydrogens (tertiary/aromatic N) is 1. The number of rotatable bonds is 3. The second-order valence-electron chi connectivity index (χ2n) is 9.22. The standard InChI is InChI=1S/C28H20ClNO6/c1-14-7-10-16(11-8-14)30-26(33)21-22(27(30)34)28(24(31)17-5-3-4-6-18(17)25(28)32)36-23(21)19-13-15(29)9-12-20(19)35-2/h3-13,21-23H,1-2H3/t21-,22+,23-/m1/s1. The van der Waals surface area contributed by atoms with Gasteiger partial charge in [-0.3, -0.25) is 19.2 Å². The predicted molar refractivity (Wildman–Crippen MR) is 130 cm³/mol. The molecule has 2 saturated heterocycles. The van der Waals surface area contributed by atoms with Gasteiger partial charge >= 0.3 is 0 Å². The second-order valence-corrected chi connectivity index (χ2v) is 9.65. The van der Waals surface area contributed by atoms with E-state index in [0.717, 1.165) is 10.5 Å². The van der Waals surface area contributed by atoms with Crippen molar-refractivity contribution < 1.29 is 28.7 Å². The van der Waals surface area contributed by atoms with E-state index in [1.165, 1.54) is 19.2 Å². The molecule has 1 aliphatic carbocycles. The zero-order valence-electron chi connectivity index (χ0n) is 19.4. The summed E-state index contributed by atoms with van der Waals surface area (Å²) in [6.45, 7) is 1.89. The van der Waals surface area contributed by atoms with Gasteiger partial charge in [0.25, 0.3) is 0 Å². The molecular weight excluding hydrogens is 482 g/mol.